The third-order valence-corrected chi connectivity index (χ3v) is 3.34. The zero-order valence-corrected chi connectivity index (χ0v) is 12.5. The molecule has 1 aromatic rings. The Labute approximate surface area is 129 Å². The first kappa shape index (κ1) is 17.3. The van der Waals surface area contributed by atoms with Crippen LogP contribution in [0, 0.1) is 11.7 Å². The Hall–Kier alpha value is -2.10. The van der Waals surface area contributed by atoms with Crippen LogP contribution in [0.1, 0.15) is 26.5 Å². The van der Waals surface area contributed by atoms with Crippen molar-refractivity contribution in [2.45, 2.75) is 38.5 Å². The summed E-state index contributed by atoms with van der Waals surface area (Å²) in [4.78, 5) is 26.2. The molecule has 23 heavy (non-hydrogen) atoms. The van der Waals surface area contributed by atoms with Crippen LogP contribution in [0.3, 0.4) is 0 Å². The highest BCUT2D eigenvalue weighted by Gasteiger charge is 2.52. The summed E-state index contributed by atoms with van der Waals surface area (Å²) in [6.45, 7) is 2.09. The minimum atomic E-state index is -2.92. The van der Waals surface area contributed by atoms with Crippen molar-refractivity contribution in [1.82, 2.24) is 9.55 Å². The lowest BCUT2D eigenvalue weighted by atomic mass is 10.1. The molecule has 2 heterocycles. The summed E-state index contributed by atoms with van der Waals surface area (Å²) in [5.74, 6) is -5.82. The van der Waals surface area contributed by atoms with E-state index >= 15 is 0 Å². The standard InChI is InChI=1S/C13H16F3N3O4/c1-6(2)11(20)22-5-13(16)8(15)3-9(23-13)19-4-7(14)10(17)18-12(19)21/h4,6,8-9H,3,5H2,1-2H3,(H2,17,18,21)/t8-,9+,13+/m0/s1. The minimum absolute atomic E-state index is 0.521. The molecule has 0 aromatic carbocycles. The summed E-state index contributed by atoms with van der Waals surface area (Å²) in [5.41, 5.74) is 4.12. The maximum absolute atomic E-state index is 14.4. The number of aromatic nitrogens is 2. The van der Waals surface area contributed by atoms with Crippen LogP contribution in [-0.2, 0) is 14.3 Å². The van der Waals surface area contributed by atoms with Crippen molar-refractivity contribution in [2.75, 3.05) is 12.3 Å². The van der Waals surface area contributed by atoms with E-state index in [1.54, 1.807) is 0 Å². The minimum Gasteiger partial charge on any atom is -0.459 e. The summed E-state index contributed by atoms with van der Waals surface area (Å²) in [6, 6.07) is 0. The third kappa shape index (κ3) is 3.46. The number of carbonyl (C=O) groups is 1. The molecule has 10 heteroatoms. The van der Waals surface area contributed by atoms with Gasteiger partial charge in [0.15, 0.2) is 24.4 Å². The molecule has 0 radical (unpaired) electrons. The first-order valence-electron chi connectivity index (χ1n) is 6.85. The Bertz CT molecular complexity index is 666. The van der Waals surface area contributed by atoms with E-state index < -0.39 is 60.5 Å². The quantitative estimate of drug-likeness (QED) is 0.827. The molecule has 2 rings (SSSR count). The van der Waals surface area contributed by atoms with E-state index in [0.717, 1.165) is 0 Å². The summed E-state index contributed by atoms with van der Waals surface area (Å²) in [7, 11) is 0. The lowest BCUT2D eigenvalue weighted by Gasteiger charge is -2.22. The Morgan fingerprint density at radius 1 is 1.65 bits per heavy atom. The van der Waals surface area contributed by atoms with E-state index in [1.807, 2.05) is 0 Å². The number of hydrogen-bond donors (Lipinski definition) is 1. The molecule has 1 fully saturated rings. The fourth-order valence-electron chi connectivity index (χ4n) is 2.00. The number of hydrogen-bond acceptors (Lipinski definition) is 6. The van der Waals surface area contributed by atoms with Gasteiger partial charge in [-0.3, -0.25) is 9.36 Å². The van der Waals surface area contributed by atoms with E-state index in [0.29, 0.717) is 10.8 Å². The molecule has 0 bridgehead atoms. The molecule has 0 aliphatic carbocycles. The number of halogens is 3. The molecule has 1 saturated heterocycles. The SMILES string of the molecule is CC(C)C(=O)OC[C@@]1(F)O[C@@H](n2cc(F)c(N)nc2=O)C[C@@H]1F. The average Bonchev–Trinajstić information content (AvgIpc) is 2.76. The zero-order chi connectivity index (χ0) is 17.4. The molecule has 1 aliphatic heterocycles. The Morgan fingerprint density at radius 2 is 2.30 bits per heavy atom. The summed E-state index contributed by atoms with van der Waals surface area (Å²) < 4.78 is 51.9. The second-order valence-electron chi connectivity index (χ2n) is 5.49. The van der Waals surface area contributed by atoms with Gasteiger partial charge in [0.05, 0.1) is 12.1 Å². The van der Waals surface area contributed by atoms with Crippen LogP contribution in [0.25, 0.3) is 0 Å². The molecule has 0 amide bonds. The number of ether oxygens (including phenoxy) is 2. The van der Waals surface area contributed by atoms with Crippen molar-refractivity contribution < 1.29 is 27.4 Å². The maximum Gasteiger partial charge on any atom is 0.351 e. The van der Waals surface area contributed by atoms with Crippen LogP contribution in [0.15, 0.2) is 11.0 Å². The molecule has 7 nitrogen and oxygen atoms in total. The monoisotopic (exact) mass is 335 g/mol. The van der Waals surface area contributed by atoms with Gasteiger partial charge in [-0.1, -0.05) is 13.8 Å². The van der Waals surface area contributed by atoms with Crippen molar-refractivity contribution in [3.8, 4) is 0 Å². The first-order chi connectivity index (χ1) is 10.6. The van der Waals surface area contributed by atoms with Crippen molar-refractivity contribution in [3.63, 3.8) is 0 Å². The summed E-state index contributed by atoms with van der Waals surface area (Å²) in [5, 5.41) is 0. The van der Waals surface area contributed by atoms with E-state index in [2.05, 4.69) is 9.72 Å². The molecule has 3 atom stereocenters. The van der Waals surface area contributed by atoms with Crippen molar-refractivity contribution in [1.29, 1.82) is 0 Å². The molecule has 0 spiro atoms. The predicted molar refractivity (Wildman–Crippen MR) is 72.1 cm³/mol. The number of nitrogen functional groups attached to an aromatic ring is 1. The molecule has 0 saturated carbocycles. The highest BCUT2D eigenvalue weighted by atomic mass is 19.2. The van der Waals surface area contributed by atoms with Crippen LogP contribution in [-0.4, -0.2) is 34.2 Å². The van der Waals surface area contributed by atoms with Gasteiger partial charge in [0, 0.05) is 6.42 Å². The molecule has 1 aliphatic rings. The van der Waals surface area contributed by atoms with Crippen LogP contribution in [0.5, 0.6) is 0 Å². The Kier molecular flexibility index (Phi) is 4.64. The Morgan fingerprint density at radius 3 is 2.91 bits per heavy atom. The maximum atomic E-state index is 14.4. The summed E-state index contributed by atoms with van der Waals surface area (Å²) >= 11 is 0. The largest absolute Gasteiger partial charge is 0.459 e. The topological polar surface area (TPSA) is 96.4 Å². The molecular formula is C13H16F3N3O4. The molecule has 0 unspecified atom stereocenters. The lowest BCUT2D eigenvalue weighted by molar-refractivity contribution is -0.209. The van der Waals surface area contributed by atoms with Crippen LogP contribution in [0.4, 0.5) is 19.0 Å². The van der Waals surface area contributed by atoms with Crippen LogP contribution >= 0.6 is 0 Å². The van der Waals surface area contributed by atoms with Crippen LogP contribution < -0.4 is 11.4 Å². The number of rotatable bonds is 4. The van der Waals surface area contributed by atoms with Gasteiger partial charge in [0.2, 0.25) is 0 Å². The second-order valence-corrected chi connectivity index (χ2v) is 5.49. The number of nitrogens with two attached hydrogens (primary N) is 1. The second kappa shape index (κ2) is 6.19. The number of anilines is 1. The predicted octanol–water partition coefficient (Wildman–Crippen LogP) is 1.09. The fourth-order valence-corrected chi connectivity index (χ4v) is 2.00. The van der Waals surface area contributed by atoms with Crippen molar-refractivity contribution in [2.24, 2.45) is 5.92 Å². The molecular weight excluding hydrogens is 319 g/mol. The zero-order valence-electron chi connectivity index (χ0n) is 12.5. The molecule has 1 aromatic heterocycles. The van der Waals surface area contributed by atoms with E-state index in [1.165, 1.54) is 13.8 Å². The van der Waals surface area contributed by atoms with Crippen molar-refractivity contribution in [3.05, 3.63) is 22.5 Å². The van der Waals surface area contributed by atoms with Gasteiger partial charge >= 0.3 is 11.7 Å². The van der Waals surface area contributed by atoms with Gasteiger partial charge in [-0.2, -0.15) is 4.98 Å². The molecule has 128 valence electrons. The van der Waals surface area contributed by atoms with Gasteiger partial charge in [-0.15, -0.1) is 0 Å². The smallest absolute Gasteiger partial charge is 0.351 e. The average molecular weight is 335 g/mol. The van der Waals surface area contributed by atoms with E-state index in [-0.39, 0.29) is 0 Å². The van der Waals surface area contributed by atoms with Gasteiger partial charge in [0.1, 0.15) is 6.23 Å². The number of esters is 1. The number of carbonyl (C=O) groups excluding carboxylic acids is 1. The van der Waals surface area contributed by atoms with E-state index in [9.17, 15) is 22.8 Å². The fraction of sp³-hybridized carbons (Fsp3) is 0.615. The van der Waals surface area contributed by atoms with Gasteiger partial charge in [-0.25, -0.2) is 18.0 Å². The highest BCUT2D eigenvalue weighted by Crippen LogP contribution is 2.39. The van der Waals surface area contributed by atoms with Crippen LogP contribution in [0.2, 0.25) is 0 Å². The first-order valence-corrected chi connectivity index (χ1v) is 6.85. The summed E-state index contributed by atoms with van der Waals surface area (Å²) in [6.07, 6.45) is -3.50. The number of alkyl halides is 2. The lowest BCUT2D eigenvalue weighted by Crippen LogP contribution is -2.39. The van der Waals surface area contributed by atoms with Gasteiger partial charge in [-0.05, 0) is 0 Å². The Balaban J connectivity index is 2.16. The normalized spacial score (nSPS) is 27.4. The van der Waals surface area contributed by atoms with Crippen molar-refractivity contribution >= 4 is 11.8 Å². The van der Waals surface area contributed by atoms with Gasteiger partial charge < -0.3 is 15.2 Å². The molecule has 2 N–H and O–H groups in total. The number of nitrogens with zero attached hydrogens (tertiary/aromatic N) is 2. The van der Waals surface area contributed by atoms with E-state index in [4.69, 9.17) is 10.5 Å². The van der Waals surface area contributed by atoms with Gasteiger partial charge in [0.25, 0.3) is 5.85 Å². The highest BCUT2D eigenvalue weighted by molar-refractivity contribution is 5.71. The third-order valence-electron chi connectivity index (χ3n) is 3.34.